The molecule has 1 N–H and O–H groups in total. The van der Waals surface area contributed by atoms with Crippen LogP contribution in [0.2, 0.25) is 0 Å². The highest BCUT2D eigenvalue weighted by molar-refractivity contribution is 7.98. The SMILES string of the molecule is CSc1ccc(C(=O)OCC(=O)N[C@@H](C)C(C)C)cc1[N+](=O)[O-]. The predicted octanol–water partition coefficient (Wildman–Crippen LogP) is 2.63. The zero-order valence-electron chi connectivity index (χ0n) is 13.5. The van der Waals surface area contributed by atoms with Gasteiger partial charge >= 0.3 is 5.97 Å². The van der Waals surface area contributed by atoms with Gasteiger partial charge in [0, 0.05) is 12.1 Å². The molecule has 0 bridgehead atoms. The van der Waals surface area contributed by atoms with Crippen LogP contribution >= 0.6 is 11.8 Å². The lowest BCUT2D eigenvalue weighted by atomic mass is 10.1. The van der Waals surface area contributed by atoms with Crippen molar-refractivity contribution in [1.82, 2.24) is 5.32 Å². The number of esters is 1. The van der Waals surface area contributed by atoms with Crippen molar-refractivity contribution in [1.29, 1.82) is 0 Å². The van der Waals surface area contributed by atoms with Crippen molar-refractivity contribution in [3.63, 3.8) is 0 Å². The van der Waals surface area contributed by atoms with Gasteiger partial charge in [-0.1, -0.05) is 13.8 Å². The van der Waals surface area contributed by atoms with Gasteiger partial charge in [-0.15, -0.1) is 11.8 Å². The van der Waals surface area contributed by atoms with Gasteiger partial charge in [-0.2, -0.15) is 0 Å². The Morgan fingerprint density at radius 1 is 1.35 bits per heavy atom. The summed E-state index contributed by atoms with van der Waals surface area (Å²) in [6.45, 7) is 5.36. The highest BCUT2D eigenvalue weighted by Gasteiger charge is 2.19. The van der Waals surface area contributed by atoms with Crippen molar-refractivity contribution in [2.45, 2.75) is 31.7 Å². The van der Waals surface area contributed by atoms with Crippen LogP contribution < -0.4 is 5.32 Å². The van der Waals surface area contributed by atoms with E-state index in [4.69, 9.17) is 4.74 Å². The number of nitro benzene ring substituents is 1. The average Bonchev–Trinajstić information content (AvgIpc) is 2.51. The van der Waals surface area contributed by atoms with Crippen molar-refractivity contribution in [2.24, 2.45) is 5.92 Å². The van der Waals surface area contributed by atoms with Crippen LogP contribution in [0.4, 0.5) is 5.69 Å². The molecule has 126 valence electrons. The molecule has 0 aliphatic carbocycles. The molecule has 8 heteroatoms. The fourth-order valence-electron chi connectivity index (χ4n) is 1.64. The zero-order valence-corrected chi connectivity index (χ0v) is 14.3. The van der Waals surface area contributed by atoms with Gasteiger partial charge in [0.25, 0.3) is 11.6 Å². The van der Waals surface area contributed by atoms with Crippen molar-refractivity contribution in [2.75, 3.05) is 12.9 Å². The minimum atomic E-state index is -0.770. The first-order valence-electron chi connectivity index (χ1n) is 7.05. The third-order valence-corrected chi connectivity index (χ3v) is 4.12. The molecule has 0 spiro atoms. The molecule has 0 fully saturated rings. The zero-order chi connectivity index (χ0) is 17.6. The van der Waals surface area contributed by atoms with E-state index in [-0.39, 0.29) is 23.2 Å². The first-order chi connectivity index (χ1) is 10.8. The van der Waals surface area contributed by atoms with Gasteiger partial charge < -0.3 is 10.1 Å². The number of amides is 1. The van der Waals surface area contributed by atoms with E-state index >= 15 is 0 Å². The number of benzene rings is 1. The number of carbonyl (C=O) groups is 2. The summed E-state index contributed by atoms with van der Waals surface area (Å²) in [7, 11) is 0. The van der Waals surface area contributed by atoms with Crippen molar-refractivity contribution in [3.05, 3.63) is 33.9 Å². The van der Waals surface area contributed by atoms with Gasteiger partial charge in [0.2, 0.25) is 0 Å². The van der Waals surface area contributed by atoms with Gasteiger partial charge in [0.15, 0.2) is 6.61 Å². The van der Waals surface area contributed by atoms with Gasteiger partial charge in [-0.05, 0) is 31.2 Å². The Hall–Kier alpha value is -2.09. The number of ether oxygens (including phenoxy) is 1. The van der Waals surface area contributed by atoms with Crippen LogP contribution in [-0.4, -0.2) is 35.7 Å². The number of thioether (sulfide) groups is 1. The van der Waals surface area contributed by atoms with Gasteiger partial charge in [-0.25, -0.2) is 4.79 Å². The Morgan fingerprint density at radius 2 is 2.00 bits per heavy atom. The second-order valence-corrected chi connectivity index (χ2v) is 6.17. The maximum absolute atomic E-state index is 11.9. The van der Waals surface area contributed by atoms with E-state index in [1.807, 2.05) is 20.8 Å². The average molecular weight is 340 g/mol. The second-order valence-electron chi connectivity index (χ2n) is 5.32. The van der Waals surface area contributed by atoms with E-state index in [0.29, 0.717) is 4.90 Å². The molecular weight excluding hydrogens is 320 g/mol. The molecule has 1 aromatic rings. The summed E-state index contributed by atoms with van der Waals surface area (Å²) >= 11 is 1.21. The van der Waals surface area contributed by atoms with Gasteiger partial charge in [0.1, 0.15) is 0 Å². The Bertz CT molecular complexity index is 604. The molecule has 23 heavy (non-hydrogen) atoms. The summed E-state index contributed by atoms with van der Waals surface area (Å²) in [5, 5.41) is 13.7. The summed E-state index contributed by atoms with van der Waals surface area (Å²) in [6.07, 6.45) is 1.71. The van der Waals surface area contributed by atoms with Crippen molar-refractivity contribution < 1.29 is 19.2 Å². The monoisotopic (exact) mass is 340 g/mol. The molecule has 0 aliphatic heterocycles. The van der Waals surface area contributed by atoms with E-state index in [9.17, 15) is 19.7 Å². The lowest BCUT2D eigenvalue weighted by Crippen LogP contribution is -2.38. The summed E-state index contributed by atoms with van der Waals surface area (Å²) in [6, 6.07) is 4.04. The fraction of sp³-hybridized carbons (Fsp3) is 0.467. The number of hydrogen-bond acceptors (Lipinski definition) is 6. The summed E-state index contributed by atoms with van der Waals surface area (Å²) in [4.78, 5) is 34.5. The number of carbonyl (C=O) groups excluding carboxylic acids is 2. The first kappa shape index (κ1) is 19.0. The molecule has 0 saturated carbocycles. The van der Waals surface area contributed by atoms with E-state index in [1.54, 1.807) is 6.26 Å². The molecule has 0 saturated heterocycles. The third-order valence-electron chi connectivity index (χ3n) is 3.33. The normalized spacial score (nSPS) is 11.9. The Morgan fingerprint density at radius 3 is 2.52 bits per heavy atom. The molecule has 0 radical (unpaired) electrons. The highest BCUT2D eigenvalue weighted by Crippen LogP contribution is 2.28. The lowest BCUT2D eigenvalue weighted by molar-refractivity contribution is -0.387. The second kappa shape index (κ2) is 8.52. The van der Waals surface area contributed by atoms with Gasteiger partial charge in [-0.3, -0.25) is 14.9 Å². The van der Waals surface area contributed by atoms with Crippen molar-refractivity contribution in [3.8, 4) is 0 Å². The Balaban J connectivity index is 2.70. The van der Waals surface area contributed by atoms with Crippen LogP contribution in [0, 0.1) is 16.0 Å². The Labute approximate surface area is 138 Å². The van der Waals surface area contributed by atoms with E-state index in [1.165, 1.54) is 23.9 Å². The van der Waals surface area contributed by atoms with E-state index in [0.717, 1.165) is 6.07 Å². The van der Waals surface area contributed by atoms with Gasteiger partial charge in [0.05, 0.1) is 15.4 Å². The maximum atomic E-state index is 11.9. The first-order valence-corrected chi connectivity index (χ1v) is 8.27. The number of nitrogens with one attached hydrogen (secondary N) is 1. The fourth-order valence-corrected chi connectivity index (χ4v) is 2.18. The minimum absolute atomic E-state index is 0.0387. The quantitative estimate of drug-likeness (QED) is 0.354. The van der Waals surface area contributed by atoms with E-state index in [2.05, 4.69) is 5.32 Å². The number of nitro groups is 1. The lowest BCUT2D eigenvalue weighted by Gasteiger charge is -2.17. The number of nitrogens with zero attached hydrogens (tertiary/aromatic N) is 1. The van der Waals surface area contributed by atoms with Crippen LogP contribution in [0.3, 0.4) is 0 Å². The Kier molecular flexibility index (Phi) is 7.02. The van der Waals surface area contributed by atoms with Crippen LogP contribution in [0.25, 0.3) is 0 Å². The maximum Gasteiger partial charge on any atom is 0.338 e. The molecule has 1 rings (SSSR count). The molecule has 1 amide bonds. The van der Waals surface area contributed by atoms with Crippen LogP contribution in [0.5, 0.6) is 0 Å². The minimum Gasteiger partial charge on any atom is -0.452 e. The summed E-state index contributed by atoms with van der Waals surface area (Å²) in [5.74, 6) is -0.917. The largest absolute Gasteiger partial charge is 0.452 e. The van der Waals surface area contributed by atoms with Crippen LogP contribution in [0.15, 0.2) is 23.1 Å². The third kappa shape index (κ3) is 5.55. The standard InChI is InChI=1S/C15H20N2O5S/c1-9(2)10(3)16-14(18)8-22-15(19)11-5-6-13(23-4)12(7-11)17(20)21/h5-7,9-10H,8H2,1-4H3,(H,16,18)/t10-/m0/s1. The molecule has 0 aliphatic rings. The molecule has 1 atom stereocenters. The molecular formula is C15H20N2O5S. The predicted molar refractivity (Wildman–Crippen MR) is 87.6 cm³/mol. The van der Waals surface area contributed by atoms with E-state index < -0.39 is 23.4 Å². The highest BCUT2D eigenvalue weighted by atomic mass is 32.2. The van der Waals surface area contributed by atoms with Crippen LogP contribution in [-0.2, 0) is 9.53 Å². The molecule has 1 aromatic carbocycles. The topological polar surface area (TPSA) is 98.5 Å². The molecule has 0 heterocycles. The molecule has 0 aromatic heterocycles. The summed E-state index contributed by atoms with van der Waals surface area (Å²) < 4.78 is 4.90. The smallest absolute Gasteiger partial charge is 0.338 e. The van der Waals surface area contributed by atoms with Crippen molar-refractivity contribution >= 4 is 29.3 Å². The molecule has 0 unspecified atom stereocenters. The number of hydrogen-bond donors (Lipinski definition) is 1. The molecule has 7 nitrogen and oxygen atoms in total. The number of rotatable bonds is 7. The summed E-state index contributed by atoms with van der Waals surface area (Å²) in [5.41, 5.74) is -0.121. The van der Waals surface area contributed by atoms with Crippen LogP contribution in [0.1, 0.15) is 31.1 Å².